The standard InChI is InChI=1S/C18H24N2.C2HF3O2/c19-13-7-8-14-20(15-17-9-3-1-4-10-17)16-18-11-5-2-6-12-18;3-2(4,5)1(6)7/h1-6,9-12H,7-8,13-16,19H2;(H,6,7). The SMILES string of the molecule is O=C([O-])C(F)(F)F.[NH3+]CCCCN(Cc1ccccc1)Cc1ccccc1. The van der Waals surface area contributed by atoms with E-state index in [1.54, 1.807) is 0 Å². The Hall–Kier alpha value is -2.38. The van der Waals surface area contributed by atoms with Crippen LogP contribution < -0.4 is 10.8 Å². The van der Waals surface area contributed by atoms with Crippen LogP contribution in [0.2, 0.25) is 0 Å². The number of aliphatic carboxylic acids is 1. The third kappa shape index (κ3) is 10.4. The number of hydrogen-bond donors (Lipinski definition) is 1. The van der Waals surface area contributed by atoms with E-state index in [4.69, 9.17) is 9.90 Å². The predicted octanol–water partition coefficient (Wildman–Crippen LogP) is 2.01. The van der Waals surface area contributed by atoms with Gasteiger partial charge in [0.05, 0.1) is 6.54 Å². The summed E-state index contributed by atoms with van der Waals surface area (Å²) in [6.07, 6.45) is -2.76. The Kier molecular flexibility index (Phi) is 10.1. The fourth-order valence-electron chi connectivity index (χ4n) is 2.41. The zero-order valence-electron chi connectivity index (χ0n) is 15.1. The van der Waals surface area contributed by atoms with Gasteiger partial charge >= 0.3 is 6.18 Å². The quantitative estimate of drug-likeness (QED) is 0.710. The van der Waals surface area contributed by atoms with Crippen LogP contribution in [0.4, 0.5) is 13.2 Å². The van der Waals surface area contributed by atoms with E-state index in [9.17, 15) is 13.2 Å². The average Bonchev–Trinajstić information content (AvgIpc) is 2.63. The zero-order chi connectivity index (χ0) is 20.1. The van der Waals surface area contributed by atoms with E-state index in [1.807, 2.05) is 0 Å². The van der Waals surface area contributed by atoms with Gasteiger partial charge in [0, 0.05) is 13.1 Å². The van der Waals surface area contributed by atoms with Crippen molar-refractivity contribution in [3.63, 3.8) is 0 Å². The number of alkyl halides is 3. The molecule has 2 rings (SSSR count). The molecule has 0 aliphatic rings. The molecule has 0 spiro atoms. The first-order chi connectivity index (χ1) is 12.8. The van der Waals surface area contributed by atoms with Gasteiger partial charge in [-0.3, -0.25) is 4.90 Å². The van der Waals surface area contributed by atoms with E-state index in [0.717, 1.165) is 26.2 Å². The number of benzene rings is 2. The molecule has 2 aromatic carbocycles. The number of carbonyl (C=O) groups is 1. The molecule has 7 heteroatoms. The molecule has 3 N–H and O–H groups in total. The van der Waals surface area contributed by atoms with Crippen molar-refractivity contribution >= 4 is 5.97 Å². The Morgan fingerprint density at radius 2 is 1.30 bits per heavy atom. The van der Waals surface area contributed by atoms with Gasteiger partial charge in [0.1, 0.15) is 5.97 Å². The molecular weight excluding hydrogens is 357 g/mol. The van der Waals surface area contributed by atoms with Gasteiger partial charge in [0.15, 0.2) is 0 Å². The van der Waals surface area contributed by atoms with E-state index in [0.29, 0.717) is 0 Å². The number of rotatable bonds is 8. The molecule has 0 unspecified atom stereocenters. The summed E-state index contributed by atoms with van der Waals surface area (Å²) >= 11 is 0. The Labute approximate surface area is 157 Å². The van der Waals surface area contributed by atoms with Crippen molar-refractivity contribution < 1.29 is 28.8 Å². The minimum atomic E-state index is -5.19. The van der Waals surface area contributed by atoms with Gasteiger partial charge in [-0.05, 0) is 30.5 Å². The number of quaternary nitrogens is 1. The molecule has 4 nitrogen and oxygen atoms in total. The van der Waals surface area contributed by atoms with Gasteiger partial charge in [-0.1, -0.05) is 60.7 Å². The monoisotopic (exact) mass is 382 g/mol. The summed E-state index contributed by atoms with van der Waals surface area (Å²) in [6, 6.07) is 21.5. The van der Waals surface area contributed by atoms with Crippen molar-refractivity contribution in [2.75, 3.05) is 13.1 Å². The molecule has 0 fully saturated rings. The average molecular weight is 382 g/mol. The highest BCUT2D eigenvalue weighted by molar-refractivity contribution is 5.70. The van der Waals surface area contributed by atoms with E-state index in [2.05, 4.69) is 71.3 Å². The second-order valence-corrected chi connectivity index (χ2v) is 6.03. The summed E-state index contributed by atoms with van der Waals surface area (Å²) in [5.74, 6) is -3.01. The largest absolute Gasteiger partial charge is 0.542 e. The number of unbranched alkanes of at least 4 members (excludes halogenated alkanes) is 1. The van der Waals surface area contributed by atoms with Gasteiger partial charge in [-0.2, -0.15) is 13.2 Å². The lowest BCUT2D eigenvalue weighted by molar-refractivity contribution is -0.368. The minimum absolute atomic E-state index is 1.02. The summed E-state index contributed by atoms with van der Waals surface area (Å²) in [6.45, 7) is 4.21. The number of nitrogens with zero attached hydrogens (tertiary/aromatic N) is 1. The molecule has 0 bridgehead atoms. The topological polar surface area (TPSA) is 71.0 Å². The zero-order valence-corrected chi connectivity index (χ0v) is 15.1. The van der Waals surface area contributed by atoms with Crippen molar-refractivity contribution in [3.8, 4) is 0 Å². The molecule has 0 aromatic heterocycles. The van der Waals surface area contributed by atoms with Gasteiger partial charge in [0.2, 0.25) is 0 Å². The molecule has 2 aromatic rings. The molecule has 0 radical (unpaired) electrons. The number of carboxylic acid groups (broad SMARTS) is 1. The summed E-state index contributed by atoms with van der Waals surface area (Å²) in [4.78, 5) is 11.3. The van der Waals surface area contributed by atoms with Crippen LogP contribution in [0.1, 0.15) is 24.0 Å². The van der Waals surface area contributed by atoms with Crippen LogP contribution in [0.3, 0.4) is 0 Å². The number of carboxylic acids is 1. The van der Waals surface area contributed by atoms with E-state index >= 15 is 0 Å². The highest BCUT2D eigenvalue weighted by Gasteiger charge is 2.28. The lowest BCUT2D eigenvalue weighted by Gasteiger charge is -2.22. The van der Waals surface area contributed by atoms with E-state index in [-0.39, 0.29) is 0 Å². The van der Waals surface area contributed by atoms with Crippen molar-refractivity contribution in [1.82, 2.24) is 4.90 Å². The van der Waals surface area contributed by atoms with Crippen LogP contribution in [-0.4, -0.2) is 30.1 Å². The molecule has 0 heterocycles. The Balaban J connectivity index is 0.000000445. The summed E-state index contributed by atoms with van der Waals surface area (Å²) in [7, 11) is 0. The van der Waals surface area contributed by atoms with Crippen LogP contribution in [0.25, 0.3) is 0 Å². The summed E-state index contributed by atoms with van der Waals surface area (Å²) in [5, 5.41) is 8.78. The maximum absolute atomic E-state index is 10.5. The maximum Gasteiger partial charge on any atom is 0.430 e. The first-order valence-electron chi connectivity index (χ1n) is 8.70. The van der Waals surface area contributed by atoms with Crippen LogP contribution >= 0.6 is 0 Å². The number of halogens is 3. The first kappa shape index (κ1) is 22.7. The molecule has 0 amide bonds. The Morgan fingerprint density at radius 1 is 0.889 bits per heavy atom. The van der Waals surface area contributed by atoms with Crippen molar-refractivity contribution in [3.05, 3.63) is 71.8 Å². The second-order valence-electron chi connectivity index (χ2n) is 6.03. The fourth-order valence-corrected chi connectivity index (χ4v) is 2.41. The predicted molar refractivity (Wildman–Crippen MR) is 95.0 cm³/mol. The van der Waals surface area contributed by atoms with Crippen LogP contribution in [0.5, 0.6) is 0 Å². The highest BCUT2D eigenvalue weighted by atomic mass is 19.4. The molecule has 0 saturated carbocycles. The smallest absolute Gasteiger partial charge is 0.430 e. The normalized spacial score (nSPS) is 11.0. The lowest BCUT2D eigenvalue weighted by atomic mass is 10.1. The molecule has 0 aliphatic heterocycles. The van der Waals surface area contributed by atoms with Gasteiger partial charge in [-0.15, -0.1) is 0 Å². The Morgan fingerprint density at radius 3 is 1.63 bits per heavy atom. The van der Waals surface area contributed by atoms with Gasteiger partial charge in [-0.25, -0.2) is 0 Å². The number of hydrogen-bond acceptors (Lipinski definition) is 3. The van der Waals surface area contributed by atoms with Crippen molar-refractivity contribution in [2.45, 2.75) is 32.1 Å². The van der Waals surface area contributed by atoms with Crippen molar-refractivity contribution in [1.29, 1.82) is 0 Å². The fraction of sp³-hybridized carbons (Fsp3) is 0.350. The molecule has 0 saturated heterocycles. The Bertz CT molecular complexity index is 608. The maximum atomic E-state index is 10.5. The summed E-state index contributed by atoms with van der Waals surface area (Å²) < 4.78 is 31.5. The van der Waals surface area contributed by atoms with Crippen LogP contribution in [-0.2, 0) is 17.9 Å². The highest BCUT2D eigenvalue weighted by Crippen LogP contribution is 2.12. The first-order valence-corrected chi connectivity index (χ1v) is 8.70. The van der Waals surface area contributed by atoms with E-state index in [1.165, 1.54) is 24.0 Å². The third-order valence-corrected chi connectivity index (χ3v) is 3.70. The second kappa shape index (κ2) is 12.1. The molecule has 27 heavy (non-hydrogen) atoms. The third-order valence-electron chi connectivity index (χ3n) is 3.70. The molecule has 0 atom stereocenters. The van der Waals surface area contributed by atoms with Gasteiger partial charge < -0.3 is 15.6 Å². The molecule has 0 aliphatic carbocycles. The van der Waals surface area contributed by atoms with E-state index < -0.39 is 12.1 Å². The summed E-state index contributed by atoms with van der Waals surface area (Å²) in [5.41, 5.74) is 6.71. The van der Waals surface area contributed by atoms with Gasteiger partial charge in [0.25, 0.3) is 0 Å². The molecule has 148 valence electrons. The lowest BCUT2D eigenvalue weighted by Crippen LogP contribution is -2.50. The minimum Gasteiger partial charge on any atom is -0.542 e. The van der Waals surface area contributed by atoms with Crippen LogP contribution in [0.15, 0.2) is 60.7 Å². The molecular formula is C20H25F3N2O2. The van der Waals surface area contributed by atoms with Crippen molar-refractivity contribution in [2.24, 2.45) is 0 Å². The van der Waals surface area contributed by atoms with Crippen LogP contribution in [0, 0.1) is 0 Å². The number of carbonyl (C=O) groups excluding carboxylic acids is 1.